The van der Waals surface area contributed by atoms with E-state index in [0.717, 1.165) is 11.1 Å². The van der Waals surface area contributed by atoms with Crippen LogP contribution in [0.25, 0.3) is 11.3 Å². The van der Waals surface area contributed by atoms with Gasteiger partial charge in [0.25, 0.3) is 0 Å². The van der Waals surface area contributed by atoms with Gasteiger partial charge < -0.3 is 20.3 Å². The quantitative estimate of drug-likeness (QED) is 0.906. The Hall–Kier alpha value is -2.50. The summed E-state index contributed by atoms with van der Waals surface area (Å²) in [5.41, 5.74) is 6.80. The number of nitrogens with zero attached hydrogens (tertiary/aromatic N) is 1. The van der Waals surface area contributed by atoms with E-state index in [2.05, 4.69) is 10.5 Å². The number of anilines is 1. The fourth-order valence-electron chi connectivity index (χ4n) is 1.75. The van der Waals surface area contributed by atoms with Crippen molar-refractivity contribution >= 4 is 11.9 Å². The Bertz CT molecular complexity index is 629. The van der Waals surface area contributed by atoms with Gasteiger partial charge in [-0.2, -0.15) is 0 Å². The van der Waals surface area contributed by atoms with E-state index in [1.807, 2.05) is 45.0 Å². The van der Waals surface area contributed by atoms with Crippen LogP contribution in [-0.4, -0.2) is 16.9 Å². The summed E-state index contributed by atoms with van der Waals surface area (Å²) < 4.78 is 10.3. The van der Waals surface area contributed by atoms with E-state index < -0.39 is 11.7 Å². The minimum atomic E-state index is -0.511. The molecule has 0 aliphatic carbocycles. The molecule has 0 saturated carbocycles. The lowest BCUT2D eigenvalue weighted by atomic mass is 10.1. The van der Waals surface area contributed by atoms with Crippen molar-refractivity contribution in [2.45, 2.75) is 32.9 Å². The minimum absolute atomic E-state index is 0.335. The summed E-state index contributed by atoms with van der Waals surface area (Å²) in [6.45, 7) is 5.83. The number of rotatable bonds is 3. The van der Waals surface area contributed by atoms with Gasteiger partial charge in [0.2, 0.25) is 0 Å². The van der Waals surface area contributed by atoms with Crippen LogP contribution in [0, 0.1) is 0 Å². The van der Waals surface area contributed by atoms with Gasteiger partial charge >= 0.3 is 6.09 Å². The first-order chi connectivity index (χ1) is 9.83. The van der Waals surface area contributed by atoms with Gasteiger partial charge in [0, 0.05) is 18.2 Å². The molecule has 1 amide bonds. The Balaban J connectivity index is 2.00. The van der Waals surface area contributed by atoms with Crippen molar-refractivity contribution in [2.75, 3.05) is 5.73 Å². The second-order valence-electron chi connectivity index (χ2n) is 5.67. The first-order valence-electron chi connectivity index (χ1n) is 6.62. The Morgan fingerprint density at radius 3 is 2.76 bits per heavy atom. The van der Waals surface area contributed by atoms with Gasteiger partial charge in [0.1, 0.15) is 5.60 Å². The lowest BCUT2D eigenvalue weighted by Gasteiger charge is -2.19. The maximum atomic E-state index is 11.6. The molecule has 21 heavy (non-hydrogen) atoms. The molecule has 112 valence electrons. The van der Waals surface area contributed by atoms with Crippen LogP contribution in [0.4, 0.5) is 10.6 Å². The number of carbonyl (C=O) groups is 1. The molecule has 0 spiro atoms. The molecule has 6 heteroatoms. The van der Waals surface area contributed by atoms with Gasteiger partial charge in [-0.05, 0) is 32.4 Å². The molecule has 0 fully saturated rings. The first-order valence-corrected chi connectivity index (χ1v) is 6.62. The fraction of sp³-hybridized carbons (Fsp3) is 0.333. The Labute approximate surface area is 123 Å². The molecular weight excluding hydrogens is 270 g/mol. The van der Waals surface area contributed by atoms with Crippen LogP contribution in [0.2, 0.25) is 0 Å². The van der Waals surface area contributed by atoms with E-state index in [0.29, 0.717) is 18.1 Å². The highest BCUT2D eigenvalue weighted by Crippen LogP contribution is 2.22. The minimum Gasteiger partial charge on any atom is -0.444 e. The van der Waals surface area contributed by atoms with Crippen molar-refractivity contribution in [1.82, 2.24) is 10.5 Å². The van der Waals surface area contributed by atoms with Crippen LogP contribution in [-0.2, 0) is 11.3 Å². The monoisotopic (exact) mass is 289 g/mol. The molecule has 0 atom stereocenters. The van der Waals surface area contributed by atoms with Crippen LogP contribution >= 0.6 is 0 Å². The molecule has 1 aromatic carbocycles. The van der Waals surface area contributed by atoms with E-state index in [4.69, 9.17) is 15.0 Å². The van der Waals surface area contributed by atoms with Crippen molar-refractivity contribution in [3.8, 4) is 11.3 Å². The smallest absolute Gasteiger partial charge is 0.407 e. The molecule has 6 nitrogen and oxygen atoms in total. The summed E-state index contributed by atoms with van der Waals surface area (Å²) >= 11 is 0. The van der Waals surface area contributed by atoms with E-state index in [1.165, 1.54) is 0 Å². The van der Waals surface area contributed by atoms with Gasteiger partial charge in [0.05, 0.1) is 0 Å². The third-order valence-electron chi connectivity index (χ3n) is 2.58. The predicted octanol–water partition coefficient (Wildman–Crippen LogP) is 2.95. The highest BCUT2D eigenvalue weighted by atomic mass is 16.6. The van der Waals surface area contributed by atoms with Gasteiger partial charge in [0.15, 0.2) is 11.6 Å². The summed E-state index contributed by atoms with van der Waals surface area (Å²) in [5, 5.41) is 6.36. The molecule has 0 aliphatic heterocycles. The molecule has 1 heterocycles. The van der Waals surface area contributed by atoms with Crippen molar-refractivity contribution in [3.05, 3.63) is 35.9 Å². The van der Waals surface area contributed by atoms with Crippen molar-refractivity contribution in [3.63, 3.8) is 0 Å². The predicted molar refractivity (Wildman–Crippen MR) is 79.4 cm³/mol. The van der Waals surface area contributed by atoms with Gasteiger partial charge in [-0.1, -0.05) is 23.4 Å². The van der Waals surface area contributed by atoms with E-state index in [1.54, 1.807) is 6.07 Å². The van der Waals surface area contributed by atoms with Crippen LogP contribution in [0.5, 0.6) is 0 Å². The number of ether oxygens (including phenoxy) is 1. The summed E-state index contributed by atoms with van der Waals surface area (Å²) in [6, 6.07) is 9.22. The first kappa shape index (κ1) is 14.9. The van der Waals surface area contributed by atoms with Crippen molar-refractivity contribution < 1.29 is 14.1 Å². The molecule has 0 aliphatic rings. The van der Waals surface area contributed by atoms with Gasteiger partial charge in [-0.3, -0.25) is 0 Å². The highest BCUT2D eigenvalue weighted by Gasteiger charge is 2.15. The third-order valence-corrected chi connectivity index (χ3v) is 2.58. The number of carbonyl (C=O) groups excluding carboxylic acids is 1. The number of nitrogens with one attached hydrogen (secondary N) is 1. The number of aromatic nitrogens is 1. The number of nitrogen functional groups attached to an aromatic ring is 1. The zero-order valence-corrected chi connectivity index (χ0v) is 12.3. The molecular formula is C15H19N3O3. The molecule has 3 N–H and O–H groups in total. The summed E-state index contributed by atoms with van der Waals surface area (Å²) in [4.78, 5) is 11.6. The normalized spacial score (nSPS) is 11.2. The largest absolute Gasteiger partial charge is 0.444 e. The molecule has 0 radical (unpaired) electrons. The van der Waals surface area contributed by atoms with E-state index in [-0.39, 0.29) is 0 Å². The Kier molecular flexibility index (Phi) is 4.16. The molecule has 0 bridgehead atoms. The standard InChI is InChI=1S/C15H19N3O3/c1-15(2,3)20-14(19)17-9-10-5-4-6-11(7-10)12-8-13(16)18-21-12/h4-8H,9H2,1-3H3,(H2,16,18)(H,17,19). The van der Waals surface area contributed by atoms with Crippen molar-refractivity contribution in [1.29, 1.82) is 0 Å². The number of benzene rings is 1. The van der Waals surface area contributed by atoms with Crippen LogP contribution in [0.1, 0.15) is 26.3 Å². The Morgan fingerprint density at radius 1 is 1.38 bits per heavy atom. The maximum Gasteiger partial charge on any atom is 0.407 e. The van der Waals surface area contributed by atoms with Crippen LogP contribution < -0.4 is 11.1 Å². The molecule has 0 saturated heterocycles. The summed E-state index contributed by atoms with van der Waals surface area (Å²) in [5.74, 6) is 0.925. The SMILES string of the molecule is CC(C)(C)OC(=O)NCc1cccc(-c2cc(N)no2)c1. The third kappa shape index (κ3) is 4.52. The molecule has 0 unspecified atom stereocenters. The van der Waals surface area contributed by atoms with E-state index in [9.17, 15) is 4.79 Å². The number of hydrogen-bond acceptors (Lipinski definition) is 5. The van der Waals surface area contributed by atoms with Gasteiger partial charge in [-0.25, -0.2) is 4.79 Å². The Morgan fingerprint density at radius 2 is 2.14 bits per heavy atom. The highest BCUT2D eigenvalue weighted by molar-refractivity contribution is 5.68. The number of hydrogen-bond donors (Lipinski definition) is 2. The zero-order chi connectivity index (χ0) is 15.5. The fourth-order valence-corrected chi connectivity index (χ4v) is 1.75. The van der Waals surface area contributed by atoms with E-state index >= 15 is 0 Å². The average molecular weight is 289 g/mol. The average Bonchev–Trinajstić information content (AvgIpc) is 2.82. The van der Waals surface area contributed by atoms with Crippen LogP contribution in [0.3, 0.4) is 0 Å². The second-order valence-corrected chi connectivity index (χ2v) is 5.67. The summed E-state index contributed by atoms with van der Waals surface area (Å²) in [6.07, 6.45) is -0.447. The zero-order valence-electron chi connectivity index (χ0n) is 12.3. The number of nitrogens with two attached hydrogens (primary N) is 1. The van der Waals surface area contributed by atoms with Crippen LogP contribution in [0.15, 0.2) is 34.9 Å². The lowest BCUT2D eigenvalue weighted by Crippen LogP contribution is -2.32. The summed E-state index contributed by atoms with van der Waals surface area (Å²) in [7, 11) is 0. The topological polar surface area (TPSA) is 90.4 Å². The maximum absolute atomic E-state index is 11.6. The van der Waals surface area contributed by atoms with Gasteiger partial charge in [-0.15, -0.1) is 0 Å². The molecule has 2 aromatic rings. The molecule has 1 aromatic heterocycles. The number of alkyl carbamates (subject to hydrolysis) is 1. The molecule has 2 rings (SSSR count). The lowest BCUT2D eigenvalue weighted by molar-refractivity contribution is 0.0523. The van der Waals surface area contributed by atoms with Crippen molar-refractivity contribution in [2.24, 2.45) is 0 Å². The second kappa shape index (κ2) is 5.87. The number of amides is 1.